The molecule has 0 amide bonds. The van der Waals surface area contributed by atoms with Crippen molar-refractivity contribution in [2.24, 2.45) is 5.92 Å². The molecular weight excluding hydrogens is 168 g/mol. The highest BCUT2D eigenvalue weighted by Crippen LogP contribution is 2.17. The van der Waals surface area contributed by atoms with Gasteiger partial charge in [0.2, 0.25) is 0 Å². The van der Waals surface area contributed by atoms with E-state index in [1.807, 2.05) is 0 Å². The number of rotatable bonds is 6. The molecule has 0 aromatic rings. The van der Waals surface area contributed by atoms with Crippen LogP contribution in [0.1, 0.15) is 20.3 Å². The van der Waals surface area contributed by atoms with Crippen molar-refractivity contribution in [3.63, 3.8) is 0 Å². The molecule has 2 nitrogen and oxygen atoms in total. The van der Waals surface area contributed by atoms with Gasteiger partial charge in [0, 0.05) is 13.0 Å². The molecule has 0 aliphatic heterocycles. The first-order valence-corrected chi connectivity index (χ1v) is 7.67. The van der Waals surface area contributed by atoms with E-state index >= 15 is 0 Å². The minimum absolute atomic E-state index is 0.536. The van der Waals surface area contributed by atoms with Crippen LogP contribution >= 0.6 is 0 Å². The molecule has 0 aromatic heterocycles. The van der Waals surface area contributed by atoms with E-state index in [-0.39, 0.29) is 0 Å². The summed E-state index contributed by atoms with van der Waals surface area (Å²) in [5, 5.41) is 0. The van der Waals surface area contributed by atoms with E-state index in [0.29, 0.717) is 18.9 Å². The second-order valence-electron chi connectivity index (χ2n) is 4.16. The Morgan fingerprint density at radius 2 is 2.00 bits per heavy atom. The lowest BCUT2D eigenvalue weighted by atomic mass is 10.3. The summed E-state index contributed by atoms with van der Waals surface area (Å²) in [6.45, 7) is 9.43. The van der Waals surface area contributed by atoms with Crippen LogP contribution in [0.5, 0.6) is 0 Å². The largest absolute Gasteiger partial charge is 0.417 e. The summed E-state index contributed by atoms with van der Waals surface area (Å²) in [5.74, 6) is 0.697. The highest BCUT2D eigenvalue weighted by molar-refractivity contribution is 6.71. The van der Waals surface area contributed by atoms with Crippen LogP contribution in [0.2, 0.25) is 19.1 Å². The van der Waals surface area contributed by atoms with Crippen molar-refractivity contribution in [1.82, 2.24) is 0 Å². The first-order chi connectivity index (χ1) is 5.48. The van der Waals surface area contributed by atoms with E-state index in [4.69, 9.17) is 4.43 Å². The molecule has 0 heterocycles. The minimum atomic E-state index is -1.46. The molecule has 0 aliphatic carbocycles. The predicted octanol–water partition coefficient (Wildman–Crippen LogP) is 2.45. The van der Waals surface area contributed by atoms with E-state index in [1.165, 1.54) is 6.04 Å². The molecule has 0 atom stereocenters. The monoisotopic (exact) mass is 188 g/mol. The fourth-order valence-corrected chi connectivity index (χ4v) is 4.18. The lowest BCUT2D eigenvalue weighted by molar-refractivity contribution is -0.108. The minimum Gasteiger partial charge on any atom is -0.417 e. The molecule has 3 heteroatoms. The molecule has 0 bridgehead atoms. The molecule has 0 radical (unpaired) electrons. The average molecular weight is 188 g/mol. The molecule has 0 aliphatic rings. The lowest BCUT2D eigenvalue weighted by Gasteiger charge is -2.24. The van der Waals surface area contributed by atoms with E-state index in [0.717, 1.165) is 6.29 Å². The van der Waals surface area contributed by atoms with Gasteiger partial charge in [0.05, 0.1) is 0 Å². The highest BCUT2D eigenvalue weighted by atomic mass is 28.4. The Hall–Kier alpha value is -0.153. The van der Waals surface area contributed by atoms with Gasteiger partial charge in [-0.05, 0) is 25.1 Å². The van der Waals surface area contributed by atoms with Crippen molar-refractivity contribution in [1.29, 1.82) is 0 Å². The fourth-order valence-electron chi connectivity index (χ4n) is 1.43. The first kappa shape index (κ1) is 11.8. The Balaban J connectivity index is 3.62. The Kier molecular flexibility index (Phi) is 5.42. The van der Waals surface area contributed by atoms with Crippen LogP contribution in [0.15, 0.2) is 0 Å². The number of hydrogen-bond donors (Lipinski definition) is 0. The van der Waals surface area contributed by atoms with Crippen molar-refractivity contribution < 1.29 is 9.22 Å². The van der Waals surface area contributed by atoms with E-state index in [2.05, 4.69) is 26.9 Å². The molecule has 0 spiro atoms. The summed E-state index contributed by atoms with van der Waals surface area (Å²) < 4.78 is 5.69. The van der Waals surface area contributed by atoms with Gasteiger partial charge in [-0.1, -0.05) is 13.8 Å². The predicted molar refractivity (Wildman–Crippen MR) is 53.8 cm³/mol. The smallest absolute Gasteiger partial charge is 0.186 e. The summed E-state index contributed by atoms with van der Waals surface area (Å²) in [6.07, 6.45) is 1.45. The number of aldehydes is 1. The maximum Gasteiger partial charge on any atom is 0.186 e. The van der Waals surface area contributed by atoms with Crippen molar-refractivity contribution in [3.05, 3.63) is 0 Å². The number of carbonyl (C=O) groups excluding carboxylic acids is 1. The molecule has 0 saturated heterocycles. The summed E-state index contributed by atoms with van der Waals surface area (Å²) in [4.78, 5) is 10.0. The number of hydrogen-bond acceptors (Lipinski definition) is 2. The second kappa shape index (κ2) is 5.49. The van der Waals surface area contributed by atoms with Crippen molar-refractivity contribution in [3.8, 4) is 0 Å². The van der Waals surface area contributed by atoms with Crippen LogP contribution in [0.25, 0.3) is 0 Å². The summed E-state index contributed by atoms with van der Waals surface area (Å²) in [7, 11) is -1.46. The van der Waals surface area contributed by atoms with Crippen LogP contribution < -0.4 is 0 Å². The van der Waals surface area contributed by atoms with Gasteiger partial charge in [-0.2, -0.15) is 0 Å². The van der Waals surface area contributed by atoms with Crippen molar-refractivity contribution in [2.75, 3.05) is 6.61 Å². The molecule has 0 rings (SSSR count). The van der Waals surface area contributed by atoms with Crippen LogP contribution in [0.3, 0.4) is 0 Å². The standard InChI is InChI=1S/C9H20O2Si/c1-9(2)8-12(3,4)11-7-5-6-10/h6,9H,5,7-8H2,1-4H3. The maximum absolute atomic E-state index is 10.0. The van der Waals surface area contributed by atoms with Gasteiger partial charge >= 0.3 is 0 Å². The normalized spacial score (nSPS) is 12.1. The van der Waals surface area contributed by atoms with Gasteiger partial charge in [-0.3, -0.25) is 0 Å². The maximum atomic E-state index is 10.0. The zero-order chi connectivity index (χ0) is 9.61. The molecule has 12 heavy (non-hydrogen) atoms. The topological polar surface area (TPSA) is 26.3 Å². The molecular formula is C9H20O2Si. The fraction of sp³-hybridized carbons (Fsp3) is 0.889. The van der Waals surface area contributed by atoms with Gasteiger partial charge in [-0.15, -0.1) is 0 Å². The molecule has 0 aromatic carbocycles. The van der Waals surface area contributed by atoms with Gasteiger partial charge in [0.1, 0.15) is 6.29 Å². The van der Waals surface area contributed by atoms with Crippen molar-refractivity contribution in [2.45, 2.75) is 39.4 Å². The van der Waals surface area contributed by atoms with Gasteiger partial charge in [0.15, 0.2) is 8.32 Å². The van der Waals surface area contributed by atoms with Crippen LogP contribution in [-0.4, -0.2) is 21.2 Å². The van der Waals surface area contributed by atoms with Gasteiger partial charge in [0.25, 0.3) is 0 Å². The third-order valence-electron chi connectivity index (χ3n) is 1.63. The Morgan fingerprint density at radius 1 is 1.42 bits per heavy atom. The third-order valence-corrected chi connectivity index (χ3v) is 4.41. The Labute approximate surface area is 76.4 Å². The summed E-state index contributed by atoms with van der Waals surface area (Å²) in [6, 6.07) is 1.17. The molecule has 0 unspecified atom stereocenters. The van der Waals surface area contributed by atoms with Gasteiger partial charge in [-0.25, -0.2) is 0 Å². The average Bonchev–Trinajstić information content (AvgIpc) is 1.84. The summed E-state index contributed by atoms with van der Waals surface area (Å²) in [5.41, 5.74) is 0. The quantitative estimate of drug-likeness (QED) is 0.363. The van der Waals surface area contributed by atoms with Crippen molar-refractivity contribution >= 4 is 14.6 Å². The Morgan fingerprint density at radius 3 is 2.42 bits per heavy atom. The van der Waals surface area contributed by atoms with E-state index in [1.54, 1.807) is 0 Å². The van der Waals surface area contributed by atoms with E-state index in [9.17, 15) is 4.79 Å². The zero-order valence-corrected chi connectivity index (χ0v) is 9.59. The zero-order valence-electron chi connectivity index (χ0n) is 8.59. The molecule has 0 saturated carbocycles. The molecule has 72 valence electrons. The SMILES string of the molecule is CC(C)C[Si](C)(C)OCCC=O. The highest BCUT2D eigenvalue weighted by Gasteiger charge is 2.23. The Bertz CT molecular complexity index is 132. The molecule has 0 fully saturated rings. The second-order valence-corrected chi connectivity index (χ2v) is 8.38. The van der Waals surface area contributed by atoms with E-state index < -0.39 is 8.32 Å². The number of carbonyl (C=O) groups is 1. The van der Waals surface area contributed by atoms with Crippen LogP contribution in [-0.2, 0) is 9.22 Å². The summed E-state index contributed by atoms with van der Waals surface area (Å²) >= 11 is 0. The van der Waals surface area contributed by atoms with Crippen LogP contribution in [0.4, 0.5) is 0 Å². The lowest BCUT2D eigenvalue weighted by Crippen LogP contribution is -2.32. The van der Waals surface area contributed by atoms with Crippen LogP contribution in [0, 0.1) is 5.92 Å². The third kappa shape index (κ3) is 6.55. The molecule has 0 N–H and O–H groups in total. The van der Waals surface area contributed by atoms with Gasteiger partial charge < -0.3 is 9.22 Å². The first-order valence-electron chi connectivity index (χ1n) is 4.55.